The maximum Gasteiger partial charge on any atom is 0.307 e. The second kappa shape index (κ2) is 8.14. The number of carboxylic acid groups (broad SMARTS) is 1. The standard InChI is InChI=1S/C16H19BrN2O5/c1-24-13-7-6-9(8-12(13)17)14(20)18-19-15(21)10-4-2-3-5-11(10)16(22)23/h6-8,10-11H,2-5H2,1H3,(H,18,20)(H,19,21)(H,22,23)/t10-,11+/m0/s1. The number of methoxy groups -OCH3 is 1. The van der Waals surface area contributed by atoms with Gasteiger partial charge in [0.2, 0.25) is 5.91 Å². The molecule has 24 heavy (non-hydrogen) atoms. The Hall–Kier alpha value is -2.09. The van der Waals surface area contributed by atoms with Crippen molar-refractivity contribution in [2.75, 3.05) is 7.11 Å². The Bertz CT molecular complexity index is 649. The zero-order valence-corrected chi connectivity index (χ0v) is 14.8. The van der Waals surface area contributed by atoms with Gasteiger partial charge in [-0.05, 0) is 47.0 Å². The highest BCUT2D eigenvalue weighted by atomic mass is 79.9. The molecule has 0 spiro atoms. The van der Waals surface area contributed by atoms with Crippen LogP contribution in [0.2, 0.25) is 0 Å². The average Bonchev–Trinajstić information content (AvgIpc) is 2.59. The highest BCUT2D eigenvalue weighted by molar-refractivity contribution is 9.10. The van der Waals surface area contributed by atoms with Crippen molar-refractivity contribution < 1.29 is 24.2 Å². The number of aliphatic carboxylic acids is 1. The van der Waals surface area contributed by atoms with E-state index < -0.39 is 29.6 Å². The number of carboxylic acids is 1. The lowest BCUT2D eigenvalue weighted by atomic mass is 9.79. The van der Waals surface area contributed by atoms with E-state index in [4.69, 9.17) is 4.74 Å². The fraction of sp³-hybridized carbons (Fsp3) is 0.438. The van der Waals surface area contributed by atoms with Gasteiger partial charge in [-0.2, -0.15) is 0 Å². The predicted octanol–water partition coefficient (Wildman–Crippen LogP) is 2.11. The number of carbonyl (C=O) groups is 3. The van der Waals surface area contributed by atoms with Crippen LogP contribution in [0.4, 0.5) is 0 Å². The van der Waals surface area contributed by atoms with Crippen molar-refractivity contribution in [1.29, 1.82) is 0 Å². The SMILES string of the molecule is COc1ccc(C(=O)NNC(=O)[C@H]2CCCC[C@H]2C(=O)O)cc1Br. The minimum Gasteiger partial charge on any atom is -0.496 e. The van der Waals surface area contributed by atoms with Crippen molar-refractivity contribution in [3.63, 3.8) is 0 Å². The predicted molar refractivity (Wildman–Crippen MR) is 89.4 cm³/mol. The summed E-state index contributed by atoms with van der Waals surface area (Å²) in [4.78, 5) is 35.5. The molecule has 1 fully saturated rings. The average molecular weight is 399 g/mol. The molecule has 130 valence electrons. The van der Waals surface area contributed by atoms with Gasteiger partial charge in [-0.1, -0.05) is 12.8 Å². The number of nitrogens with one attached hydrogen (secondary N) is 2. The topological polar surface area (TPSA) is 105 Å². The third-order valence-corrected chi connectivity index (χ3v) is 4.75. The molecule has 8 heteroatoms. The fourth-order valence-electron chi connectivity index (χ4n) is 2.83. The molecule has 1 aromatic rings. The van der Waals surface area contributed by atoms with E-state index in [1.54, 1.807) is 18.2 Å². The number of hydrazine groups is 1. The summed E-state index contributed by atoms with van der Waals surface area (Å²) in [5, 5.41) is 9.21. The fourth-order valence-corrected chi connectivity index (χ4v) is 3.37. The smallest absolute Gasteiger partial charge is 0.307 e. The van der Waals surface area contributed by atoms with Gasteiger partial charge in [-0.15, -0.1) is 0 Å². The summed E-state index contributed by atoms with van der Waals surface area (Å²) in [5.74, 6) is -2.68. The Labute approximate surface area is 147 Å². The van der Waals surface area contributed by atoms with E-state index in [1.807, 2.05) is 0 Å². The molecule has 0 aromatic heterocycles. The Morgan fingerprint density at radius 2 is 1.83 bits per heavy atom. The molecule has 3 N–H and O–H groups in total. The van der Waals surface area contributed by atoms with Crippen LogP contribution in [0.1, 0.15) is 36.0 Å². The van der Waals surface area contributed by atoms with Crippen LogP contribution in [-0.2, 0) is 9.59 Å². The second-order valence-corrected chi connectivity index (χ2v) is 6.48. The van der Waals surface area contributed by atoms with Crippen molar-refractivity contribution in [2.45, 2.75) is 25.7 Å². The van der Waals surface area contributed by atoms with Crippen LogP contribution >= 0.6 is 15.9 Å². The van der Waals surface area contributed by atoms with Crippen LogP contribution in [0.15, 0.2) is 22.7 Å². The minimum absolute atomic E-state index is 0.335. The number of halogens is 1. The highest BCUT2D eigenvalue weighted by Gasteiger charge is 2.35. The molecular formula is C16H19BrN2O5. The first kappa shape index (κ1) is 18.3. The molecule has 1 aliphatic carbocycles. The molecule has 0 bridgehead atoms. The van der Waals surface area contributed by atoms with Gasteiger partial charge in [-0.25, -0.2) is 0 Å². The summed E-state index contributed by atoms with van der Waals surface area (Å²) >= 11 is 3.28. The van der Waals surface area contributed by atoms with Crippen LogP contribution in [0.5, 0.6) is 5.75 Å². The Balaban J connectivity index is 1.96. The molecule has 0 radical (unpaired) electrons. The number of hydrogen-bond acceptors (Lipinski definition) is 4. The molecule has 2 rings (SSSR count). The lowest BCUT2D eigenvalue weighted by Crippen LogP contribution is -2.47. The molecule has 0 aliphatic heterocycles. The summed E-state index contributed by atoms with van der Waals surface area (Å²) < 4.78 is 5.70. The lowest BCUT2D eigenvalue weighted by molar-refractivity contribution is -0.149. The molecule has 1 aliphatic rings. The molecule has 1 aromatic carbocycles. The van der Waals surface area contributed by atoms with Crippen LogP contribution in [-0.4, -0.2) is 30.0 Å². The van der Waals surface area contributed by atoms with Crippen LogP contribution in [0, 0.1) is 11.8 Å². The number of carbonyl (C=O) groups excluding carboxylic acids is 2. The number of ether oxygens (including phenoxy) is 1. The van der Waals surface area contributed by atoms with Crippen molar-refractivity contribution in [2.24, 2.45) is 11.8 Å². The van der Waals surface area contributed by atoms with Gasteiger partial charge in [-0.3, -0.25) is 25.2 Å². The van der Waals surface area contributed by atoms with Gasteiger partial charge >= 0.3 is 5.97 Å². The van der Waals surface area contributed by atoms with Crippen LogP contribution in [0.25, 0.3) is 0 Å². The van der Waals surface area contributed by atoms with Gasteiger partial charge < -0.3 is 9.84 Å². The first-order valence-electron chi connectivity index (χ1n) is 7.60. The lowest BCUT2D eigenvalue weighted by Gasteiger charge is -2.27. The van der Waals surface area contributed by atoms with Gasteiger partial charge in [0, 0.05) is 5.56 Å². The summed E-state index contributed by atoms with van der Waals surface area (Å²) in [7, 11) is 1.52. The molecule has 7 nitrogen and oxygen atoms in total. The summed E-state index contributed by atoms with van der Waals surface area (Å²) in [5.41, 5.74) is 5.00. The maximum absolute atomic E-state index is 12.2. The Morgan fingerprint density at radius 1 is 1.17 bits per heavy atom. The van der Waals surface area contributed by atoms with Gasteiger partial charge in [0.25, 0.3) is 5.91 Å². The van der Waals surface area contributed by atoms with Gasteiger partial charge in [0.1, 0.15) is 5.75 Å². The van der Waals surface area contributed by atoms with Crippen molar-refractivity contribution in [3.05, 3.63) is 28.2 Å². The maximum atomic E-state index is 12.2. The normalized spacial score (nSPS) is 20.1. The largest absolute Gasteiger partial charge is 0.496 e. The molecule has 1 saturated carbocycles. The van der Waals surface area contributed by atoms with E-state index in [0.717, 1.165) is 12.8 Å². The molecule has 2 amide bonds. The first-order chi connectivity index (χ1) is 11.4. The van der Waals surface area contributed by atoms with Crippen LogP contribution < -0.4 is 15.6 Å². The monoisotopic (exact) mass is 398 g/mol. The van der Waals surface area contributed by atoms with Crippen molar-refractivity contribution in [3.8, 4) is 5.75 Å². The molecule has 0 saturated heterocycles. The quantitative estimate of drug-likeness (QED) is 0.673. The van der Waals surface area contributed by atoms with Gasteiger partial charge in [0.05, 0.1) is 23.4 Å². The highest BCUT2D eigenvalue weighted by Crippen LogP contribution is 2.30. The van der Waals surface area contributed by atoms with E-state index in [-0.39, 0.29) is 0 Å². The molecular weight excluding hydrogens is 380 g/mol. The number of rotatable bonds is 4. The van der Waals surface area contributed by atoms with E-state index in [1.165, 1.54) is 7.11 Å². The van der Waals surface area contributed by atoms with E-state index >= 15 is 0 Å². The van der Waals surface area contributed by atoms with E-state index in [9.17, 15) is 19.5 Å². The minimum atomic E-state index is -0.972. The first-order valence-corrected chi connectivity index (χ1v) is 8.40. The third kappa shape index (κ3) is 4.25. The molecule has 2 atom stereocenters. The Kier molecular flexibility index (Phi) is 6.19. The number of amides is 2. The zero-order valence-electron chi connectivity index (χ0n) is 13.2. The summed E-state index contributed by atoms with van der Waals surface area (Å²) in [6, 6.07) is 4.76. The third-order valence-electron chi connectivity index (χ3n) is 4.13. The van der Waals surface area contributed by atoms with Crippen molar-refractivity contribution in [1.82, 2.24) is 10.9 Å². The number of benzene rings is 1. The van der Waals surface area contributed by atoms with Gasteiger partial charge in [0.15, 0.2) is 0 Å². The van der Waals surface area contributed by atoms with Crippen LogP contribution in [0.3, 0.4) is 0 Å². The van der Waals surface area contributed by atoms with E-state index in [0.29, 0.717) is 28.6 Å². The molecule has 0 heterocycles. The van der Waals surface area contributed by atoms with E-state index in [2.05, 4.69) is 26.8 Å². The second-order valence-electron chi connectivity index (χ2n) is 5.63. The Morgan fingerprint density at radius 3 is 2.42 bits per heavy atom. The van der Waals surface area contributed by atoms with Crippen molar-refractivity contribution >= 4 is 33.7 Å². The summed E-state index contributed by atoms with van der Waals surface area (Å²) in [6.07, 6.45) is 2.59. The molecule has 0 unspecified atom stereocenters. The zero-order chi connectivity index (χ0) is 17.7. The summed E-state index contributed by atoms with van der Waals surface area (Å²) in [6.45, 7) is 0. The number of hydrogen-bond donors (Lipinski definition) is 3.